The van der Waals surface area contributed by atoms with Crippen LogP contribution in [-0.2, 0) is 5.60 Å². The van der Waals surface area contributed by atoms with Gasteiger partial charge in [-0.05, 0) is 25.0 Å². The summed E-state index contributed by atoms with van der Waals surface area (Å²) in [6, 6.07) is 6.41. The zero-order valence-electron chi connectivity index (χ0n) is 9.64. The van der Waals surface area contributed by atoms with Crippen LogP contribution in [0.3, 0.4) is 0 Å². The Hall–Kier alpha value is -1.34. The van der Waals surface area contributed by atoms with Crippen LogP contribution in [0.5, 0.6) is 0 Å². The minimum absolute atomic E-state index is 0.189. The van der Waals surface area contributed by atoms with Crippen LogP contribution in [0.1, 0.15) is 29.5 Å². The predicted molar refractivity (Wildman–Crippen MR) is 65.3 cm³/mol. The van der Waals surface area contributed by atoms with Crippen molar-refractivity contribution in [2.75, 3.05) is 0 Å². The van der Waals surface area contributed by atoms with E-state index >= 15 is 0 Å². The molecule has 0 spiro atoms. The van der Waals surface area contributed by atoms with Gasteiger partial charge in [-0.25, -0.2) is 0 Å². The molecular weight excluding hydrogens is 196 g/mol. The molecule has 0 bridgehead atoms. The Labute approximate surface area is 96.1 Å². The van der Waals surface area contributed by atoms with Crippen LogP contribution < -0.4 is 0 Å². The summed E-state index contributed by atoms with van der Waals surface area (Å²) in [5.74, 6) is 0.532. The van der Waals surface area contributed by atoms with Crippen molar-refractivity contribution >= 4 is 0 Å². The monoisotopic (exact) mass is 212 g/mol. The van der Waals surface area contributed by atoms with Crippen LogP contribution in [-0.4, -0.2) is 5.11 Å². The van der Waals surface area contributed by atoms with Crippen molar-refractivity contribution in [3.05, 3.63) is 59.2 Å². The van der Waals surface area contributed by atoms with E-state index < -0.39 is 5.60 Å². The number of benzene rings is 1. The van der Waals surface area contributed by atoms with Gasteiger partial charge in [0.1, 0.15) is 0 Å². The predicted octanol–water partition coefficient (Wildman–Crippen LogP) is 3.04. The third kappa shape index (κ3) is 1.15. The Bertz CT molecular complexity index is 494. The van der Waals surface area contributed by atoms with E-state index in [1.807, 2.05) is 13.0 Å². The second-order valence-electron chi connectivity index (χ2n) is 5.06. The maximum atomic E-state index is 10.7. The molecule has 3 rings (SSSR count). The van der Waals surface area contributed by atoms with Gasteiger partial charge in [0.2, 0.25) is 0 Å². The van der Waals surface area contributed by atoms with Crippen LogP contribution in [0.15, 0.2) is 42.5 Å². The molecule has 0 saturated carbocycles. The lowest BCUT2D eigenvalue weighted by molar-refractivity contribution is 0.0224. The van der Waals surface area contributed by atoms with E-state index in [1.54, 1.807) is 0 Å². The van der Waals surface area contributed by atoms with E-state index in [9.17, 15) is 5.11 Å². The normalized spacial score (nSPS) is 34.9. The van der Waals surface area contributed by atoms with Crippen LogP contribution >= 0.6 is 0 Å². The first-order valence-corrected chi connectivity index (χ1v) is 5.79. The number of rotatable bonds is 0. The zero-order chi connectivity index (χ0) is 11.3. The topological polar surface area (TPSA) is 20.2 Å². The molecule has 0 saturated heterocycles. The molecular formula is C15H16O. The molecule has 1 nitrogen and oxygen atoms in total. The van der Waals surface area contributed by atoms with Crippen molar-refractivity contribution in [1.82, 2.24) is 0 Å². The van der Waals surface area contributed by atoms with Gasteiger partial charge in [0.05, 0.1) is 5.60 Å². The number of hydrogen-bond donors (Lipinski definition) is 1. The van der Waals surface area contributed by atoms with Crippen molar-refractivity contribution in [3.63, 3.8) is 0 Å². The van der Waals surface area contributed by atoms with Crippen molar-refractivity contribution in [3.8, 4) is 0 Å². The Morgan fingerprint density at radius 3 is 2.75 bits per heavy atom. The number of allylic oxidation sites excluding steroid dienone is 3. The lowest BCUT2D eigenvalue weighted by Crippen LogP contribution is -2.27. The SMILES string of the molecule is Cc1ccc2c(c1)C(C)(O)C1C=CC=CC21. The number of aryl methyl sites for hydroxylation is 1. The van der Waals surface area contributed by atoms with Gasteiger partial charge >= 0.3 is 0 Å². The van der Waals surface area contributed by atoms with Crippen LogP contribution in [0.2, 0.25) is 0 Å². The van der Waals surface area contributed by atoms with Gasteiger partial charge in [0.15, 0.2) is 0 Å². The standard InChI is InChI=1S/C15H16O/c1-10-7-8-12-11-5-3-4-6-13(11)15(2,16)14(12)9-10/h3-9,11,13,16H,1-2H3. The highest BCUT2D eigenvalue weighted by molar-refractivity contribution is 5.49. The number of hydrogen-bond acceptors (Lipinski definition) is 1. The summed E-state index contributed by atoms with van der Waals surface area (Å²) in [6.07, 6.45) is 8.43. The fourth-order valence-corrected chi connectivity index (χ4v) is 3.02. The average Bonchev–Trinajstić information content (AvgIpc) is 2.49. The fraction of sp³-hybridized carbons (Fsp3) is 0.333. The third-order valence-corrected chi connectivity index (χ3v) is 3.90. The third-order valence-electron chi connectivity index (χ3n) is 3.90. The molecule has 82 valence electrons. The van der Waals surface area contributed by atoms with Crippen LogP contribution in [0.4, 0.5) is 0 Å². The van der Waals surface area contributed by atoms with Gasteiger partial charge in [-0.1, -0.05) is 48.1 Å². The molecule has 3 atom stereocenters. The second kappa shape index (κ2) is 3.08. The quantitative estimate of drug-likeness (QED) is 0.700. The molecule has 0 aliphatic heterocycles. The van der Waals surface area contributed by atoms with Crippen molar-refractivity contribution in [1.29, 1.82) is 0 Å². The first-order chi connectivity index (χ1) is 7.60. The lowest BCUT2D eigenvalue weighted by atomic mass is 9.82. The lowest BCUT2D eigenvalue weighted by Gasteiger charge is -2.27. The molecule has 0 aromatic heterocycles. The number of aliphatic hydroxyl groups is 1. The molecule has 16 heavy (non-hydrogen) atoms. The molecule has 0 heterocycles. The van der Waals surface area contributed by atoms with Crippen LogP contribution in [0.25, 0.3) is 0 Å². The highest BCUT2D eigenvalue weighted by atomic mass is 16.3. The molecule has 2 aliphatic carbocycles. The molecule has 0 amide bonds. The summed E-state index contributed by atoms with van der Waals surface area (Å²) >= 11 is 0. The van der Waals surface area contributed by atoms with Crippen molar-refractivity contribution in [2.45, 2.75) is 25.4 Å². The highest BCUT2D eigenvalue weighted by Crippen LogP contribution is 2.51. The Balaban J connectivity index is 2.23. The molecule has 0 fully saturated rings. The summed E-state index contributed by atoms with van der Waals surface area (Å²) in [4.78, 5) is 0. The summed E-state index contributed by atoms with van der Waals surface area (Å²) in [5.41, 5.74) is 2.86. The molecule has 2 aliphatic rings. The fourth-order valence-electron chi connectivity index (χ4n) is 3.02. The largest absolute Gasteiger partial charge is 0.385 e. The zero-order valence-corrected chi connectivity index (χ0v) is 9.64. The van der Waals surface area contributed by atoms with E-state index in [0.717, 1.165) is 5.56 Å². The highest BCUT2D eigenvalue weighted by Gasteiger charge is 2.46. The number of fused-ring (bicyclic) bond motifs is 3. The van der Waals surface area contributed by atoms with Crippen molar-refractivity contribution < 1.29 is 5.11 Å². The first-order valence-electron chi connectivity index (χ1n) is 5.79. The summed E-state index contributed by atoms with van der Waals surface area (Å²) in [5, 5.41) is 10.7. The minimum atomic E-state index is -0.729. The van der Waals surface area contributed by atoms with Gasteiger partial charge in [-0.2, -0.15) is 0 Å². The minimum Gasteiger partial charge on any atom is -0.385 e. The van der Waals surface area contributed by atoms with E-state index in [-0.39, 0.29) is 5.92 Å². The summed E-state index contributed by atoms with van der Waals surface area (Å²) < 4.78 is 0. The summed E-state index contributed by atoms with van der Waals surface area (Å²) in [6.45, 7) is 4.00. The molecule has 3 unspecified atom stereocenters. The molecule has 1 aromatic rings. The van der Waals surface area contributed by atoms with E-state index in [4.69, 9.17) is 0 Å². The molecule has 1 heteroatoms. The Kier molecular flexibility index (Phi) is 1.90. The van der Waals surface area contributed by atoms with Crippen molar-refractivity contribution in [2.24, 2.45) is 5.92 Å². The molecule has 1 N–H and O–H groups in total. The second-order valence-corrected chi connectivity index (χ2v) is 5.06. The summed E-state index contributed by atoms with van der Waals surface area (Å²) in [7, 11) is 0. The first kappa shape index (κ1) is 9.86. The Morgan fingerprint density at radius 2 is 1.94 bits per heavy atom. The van der Waals surface area contributed by atoms with Gasteiger partial charge in [0.25, 0.3) is 0 Å². The van der Waals surface area contributed by atoms with Gasteiger partial charge in [-0.3, -0.25) is 0 Å². The van der Waals surface area contributed by atoms with Crippen LogP contribution in [0, 0.1) is 12.8 Å². The van der Waals surface area contributed by atoms with E-state index in [1.165, 1.54) is 11.1 Å². The smallest absolute Gasteiger partial charge is 0.0942 e. The molecule has 1 aromatic carbocycles. The van der Waals surface area contributed by atoms with Gasteiger partial charge < -0.3 is 5.11 Å². The van der Waals surface area contributed by atoms with Gasteiger partial charge in [0, 0.05) is 11.8 Å². The van der Waals surface area contributed by atoms with E-state index in [2.05, 4.69) is 43.4 Å². The van der Waals surface area contributed by atoms with Gasteiger partial charge in [-0.15, -0.1) is 0 Å². The van der Waals surface area contributed by atoms with E-state index in [0.29, 0.717) is 5.92 Å². The average molecular weight is 212 g/mol. The maximum Gasteiger partial charge on any atom is 0.0942 e. The maximum absolute atomic E-state index is 10.7. The Morgan fingerprint density at radius 1 is 1.19 bits per heavy atom. The molecule has 0 radical (unpaired) electrons.